The van der Waals surface area contributed by atoms with Crippen molar-refractivity contribution in [2.24, 2.45) is 5.92 Å². The molecule has 122 valence electrons. The first kappa shape index (κ1) is 17.3. The van der Waals surface area contributed by atoms with Gasteiger partial charge in [0.2, 0.25) is 5.91 Å². The Bertz CT molecular complexity index is 449. The summed E-state index contributed by atoms with van der Waals surface area (Å²) in [5.41, 5.74) is 1.29. The SMILES string of the molecule is CC(C)CNC(=O)C(CSCc1ccccc1)NCC1CO1. The predicted octanol–water partition coefficient (Wildman–Crippen LogP) is 2.05. The maximum absolute atomic E-state index is 12.3. The molecule has 0 bridgehead atoms. The Labute approximate surface area is 137 Å². The zero-order valence-electron chi connectivity index (χ0n) is 13.4. The zero-order valence-corrected chi connectivity index (χ0v) is 14.2. The van der Waals surface area contributed by atoms with Crippen LogP contribution < -0.4 is 10.6 Å². The number of hydrogen-bond acceptors (Lipinski definition) is 4. The van der Waals surface area contributed by atoms with Crippen LogP contribution >= 0.6 is 11.8 Å². The van der Waals surface area contributed by atoms with E-state index in [9.17, 15) is 4.79 Å². The van der Waals surface area contributed by atoms with Crippen LogP contribution in [0.25, 0.3) is 0 Å². The first-order valence-electron chi connectivity index (χ1n) is 7.89. The summed E-state index contributed by atoms with van der Waals surface area (Å²) in [5.74, 6) is 2.25. The summed E-state index contributed by atoms with van der Waals surface area (Å²) in [5, 5.41) is 6.35. The number of rotatable bonds is 10. The molecule has 0 saturated carbocycles. The second-order valence-corrected chi connectivity index (χ2v) is 7.09. The molecule has 1 aliphatic rings. The minimum atomic E-state index is -0.156. The molecule has 0 radical (unpaired) electrons. The van der Waals surface area contributed by atoms with Gasteiger partial charge in [-0.1, -0.05) is 44.2 Å². The van der Waals surface area contributed by atoms with Crippen LogP contribution in [0.2, 0.25) is 0 Å². The van der Waals surface area contributed by atoms with E-state index in [-0.39, 0.29) is 11.9 Å². The highest BCUT2D eigenvalue weighted by Crippen LogP contribution is 2.14. The van der Waals surface area contributed by atoms with Gasteiger partial charge < -0.3 is 15.4 Å². The molecule has 2 unspecified atom stereocenters. The van der Waals surface area contributed by atoms with Crippen LogP contribution in [0, 0.1) is 5.92 Å². The molecule has 1 aliphatic heterocycles. The first-order chi connectivity index (χ1) is 10.6. The van der Waals surface area contributed by atoms with Crippen molar-refractivity contribution < 1.29 is 9.53 Å². The standard InChI is InChI=1S/C17H26N2O2S/c1-13(2)8-19-17(20)16(18-9-15-10-21-15)12-22-11-14-6-4-3-5-7-14/h3-7,13,15-16,18H,8-12H2,1-2H3,(H,19,20). The summed E-state index contributed by atoms with van der Waals surface area (Å²) in [4.78, 5) is 12.3. The van der Waals surface area contributed by atoms with E-state index in [4.69, 9.17) is 4.74 Å². The molecule has 4 nitrogen and oxygen atoms in total. The normalized spacial score (nSPS) is 18.2. The van der Waals surface area contributed by atoms with Crippen LogP contribution in [0.1, 0.15) is 19.4 Å². The minimum Gasteiger partial charge on any atom is -0.372 e. The summed E-state index contributed by atoms with van der Waals surface area (Å²) < 4.78 is 5.21. The summed E-state index contributed by atoms with van der Waals surface area (Å²) in [7, 11) is 0. The van der Waals surface area contributed by atoms with Gasteiger partial charge in [-0.05, 0) is 11.5 Å². The van der Waals surface area contributed by atoms with E-state index in [1.54, 1.807) is 11.8 Å². The highest BCUT2D eigenvalue weighted by Gasteiger charge is 2.25. The summed E-state index contributed by atoms with van der Waals surface area (Å²) in [6.45, 7) is 6.49. The lowest BCUT2D eigenvalue weighted by Crippen LogP contribution is -2.47. The number of nitrogens with one attached hydrogen (secondary N) is 2. The van der Waals surface area contributed by atoms with Crippen molar-refractivity contribution in [2.75, 3.05) is 25.4 Å². The highest BCUT2D eigenvalue weighted by atomic mass is 32.2. The van der Waals surface area contributed by atoms with Crippen molar-refractivity contribution in [3.63, 3.8) is 0 Å². The fourth-order valence-electron chi connectivity index (χ4n) is 1.98. The molecule has 0 aliphatic carbocycles. The number of epoxide rings is 1. The minimum absolute atomic E-state index is 0.0925. The first-order valence-corrected chi connectivity index (χ1v) is 9.05. The largest absolute Gasteiger partial charge is 0.372 e. The van der Waals surface area contributed by atoms with E-state index in [0.29, 0.717) is 12.0 Å². The van der Waals surface area contributed by atoms with Crippen molar-refractivity contribution in [1.29, 1.82) is 0 Å². The number of carbonyl (C=O) groups is 1. The highest BCUT2D eigenvalue weighted by molar-refractivity contribution is 7.98. The Kier molecular flexibility index (Phi) is 7.22. The molecule has 1 aromatic carbocycles. The number of benzene rings is 1. The molecule has 1 heterocycles. The zero-order chi connectivity index (χ0) is 15.8. The molecule has 1 amide bonds. The van der Waals surface area contributed by atoms with Crippen LogP contribution in [0.5, 0.6) is 0 Å². The Hall–Kier alpha value is -1.04. The molecule has 1 aromatic rings. The lowest BCUT2D eigenvalue weighted by molar-refractivity contribution is -0.122. The molecular formula is C17H26N2O2S. The third-order valence-electron chi connectivity index (χ3n) is 3.39. The molecule has 0 aromatic heterocycles. The molecule has 2 rings (SSSR count). The summed E-state index contributed by atoms with van der Waals surface area (Å²) in [6, 6.07) is 10.2. The van der Waals surface area contributed by atoms with Gasteiger partial charge in [0.05, 0.1) is 18.8 Å². The lowest BCUT2D eigenvalue weighted by Gasteiger charge is -2.18. The molecule has 2 atom stereocenters. The van der Waals surface area contributed by atoms with Crippen LogP contribution in [0.4, 0.5) is 0 Å². The van der Waals surface area contributed by atoms with E-state index in [1.807, 2.05) is 18.2 Å². The molecular weight excluding hydrogens is 296 g/mol. The quantitative estimate of drug-likeness (QED) is 0.647. The molecule has 1 fully saturated rings. The number of hydrogen-bond donors (Lipinski definition) is 2. The fraction of sp³-hybridized carbons (Fsp3) is 0.588. The third-order valence-corrected chi connectivity index (χ3v) is 4.50. The molecule has 0 spiro atoms. The Balaban J connectivity index is 1.76. The Morgan fingerprint density at radius 1 is 1.36 bits per heavy atom. The summed E-state index contributed by atoms with van der Waals surface area (Å²) >= 11 is 1.78. The van der Waals surface area contributed by atoms with E-state index < -0.39 is 0 Å². The molecule has 1 saturated heterocycles. The maximum Gasteiger partial charge on any atom is 0.238 e. The summed E-state index contributed by atoms with van der Waals surface area (Å²) in [6.07, 6.45) is 0.291. The van der Waals surface area contributed by atoms with Crippen molar-refractivity contribution >= 4 is 17.7 Å². The topological polar surface area (TPSA) is 53.7 Å². The molecule has 22 heavy (non-hydrogen) atoms. The second-order valence-electron chi connectivity index (χ2n) is 6.06. The van der Waals surface area contributed by atoms with Gasteiger partial charge in [-0.2, -0.15) is 11.8 Å². The average molecular weight is 322 g/mol. The molecule has 5 heteroatoms. The van der Waals surface area contributed by atoms with Gasteiger partial charge in [0, 0.05) is 24.6 Å². The Morgan fingerprint density at radius 2 is 2.09 bits per heavy atom. The predicted molar refractivity (Wildman–Crippen MR) is 92.0 cm³/mol. The fourth-order valence-corrected chi connectivity index (χ4v) is 3.03. The van der Waals surface area contributed by atoms with E-state index >= 15 is 0 Å². The van der Waals surface area contributed by atoms with Gasteiger partial charge in [-0.3, -0.25) is 4.79 Å². The number of carbonyl (C=O) groups excluding carboxylic acids is 1. The smallest absolute Gasteiger partial charge is 0.238 e. The van der Waals surface area contributed by atoms with Crippen molar-refractivity contribution in [3.8, 4) is 0 Å². The van der Waals surface area contributed by atoms with Crippen molar-refractivity contribution in [3.05, 3.63) is 35.9 Å². The molecule has 2 N–H and O–H groups in total. The number of amides is 1. The second kappa shape index (κ2) is 9.18. The number of ether oxygens (including phenoxy) is 1. The monoisotopic (exact) mass is 322 g/mol. The van der Waals surface area contributed by atoms with E-state index in [0.717, 1.165) is 31.2 Å². The lowest BCUT2D eigenvalue weighted by atomic mass is 10.2. The average Bonchev–Trinajstić information content (AvgIpc) is 3.33. The van der Waals surface area contributed by atoms with E-state index in [2.05, 4.69) is 36.6 Å². The van der Waals surface area contributed by atoms with Crippen LogP contribution in [0.3, 0.4) is 0 Å². The van der Waals surface area contributed by atoms with Gasteiger partial charge in [-0.25, -0.2) is 0 Å². The van der Waals surface area contributed by atoms with Crippen LogP contribution in [-0.4, -0.2) is 43.5 Å². The van der Waals surface area contributed by atoms with Crippen LogP contribution in [-0.2, 0) is 15.3 Å². The van der Waals surface area contributed by atoms with Crippen LogP contribution in [0.15, 0.2) is 30.3 Å². The van der Waals surface area contributed by atoms with Crippen molar-refractivity contribution in [2.45, 2.75) is 31.7 Å². The maximum atomic E-state index is 12.3. The van der Waals surface area contributed by atoms with Gasteiger partial charge >= 0.3 is 0 Å². The van der Waals surface area contributed by atoms with Gasteiger partial charge in [0.25, 0.3) is 0 Å². The Morgan fingerprint density at radius 3 is 2.73 bits per heavy atom. The van der Waals surface area contributed by atoms with Gasteiger partial charge in [0.15, 0.2) is 0 Å². The van der Waals surface area contributed by atoms with Crippen molar-refractivity contribution in [1.82, 2.24) is 10.6 Å². The number of thioether (sulfide) groups is 1. The van der Waals surface area contributed by atoms with Gasteiger partial charge in [-0.15, -0.1) is 0 Å². The van der Waals surface area contributed by atoms with Gasteiger partial charge in [0.1, 0.15) is 0 Å². The third kappa shape index (κ3) is 6.81. The van der Waals surface area contributed by atoms with E-state index in [1.165, 1.54) is 5.56 Å².